The van der Waals surface area contributed by atoms with Gasteiger partial charge in [-0.15, -0.1) is 0 Å². The largest absolute Gasteiger partial charge is 0.497 e. The number of Topliss-reactive ketones (excluding diaryl/α,β-unsaturated/α-hetero) is 1. The van der Waals surface area contributed by atoms with Gasteiger partial charge >= 0.3 is 0 Å². The van der Waals surface area contributed by atoms with Crippen molar-refractivity contribution in [3.8, 4) is 11.5 Å². The first-order chi connectivity index (χ1) is 12.5. The number of methoxy groups -OCH3 is 2. The van der Waals surface area contributed by atoms with Crippen LogP contribution in [0.25, 0.3) is 0 Å². The van der Waals surface area contributed by atoms with Crippen molar-refractivity contribution in [2.45, 2.75) is 32.7 Å². The number of carbonyl (C=O) groups excluding carboxylic acids is 2. The van der Waals surface area contributed by atoms with Gasteiger partial charge in [0.15, 0.2) is 5.78 Å². The van der Waals surface area contributed by atoms with Crippen LogP contribution in [-0.4, -0.2) is 25.9 Å². The number of hydrogen-bond donors (Lipinski definition) is 1. The minimum Gasteiger partial charge on any atom is -0.497 e. The lowest BCUT2D eigenvalue weighted by Crippen LogP contribution is -2.29. The molecule has 2 aromatic carbocycles. The number of carbonyl (C=O) groups is 2. The molecular weight excluding hydrogens is 330 g/mol. The Morgan fingerprint density at radius 1 is 1.04 bits per heavy atom. The standard InChI is InChI=1S/C21H25NO4/c1-5-19(15-6-9-18(25-3)10-7-15)22-21(24)13-17-12-16(14(2)23)8-11-20(17)26-4/h6-12,19H,5,13H2,1-4H3,(H,22,24). The van der Waals surface area contributed by atoms with Crippen LogP contribution < -0.4 is 14.8 Å². The van der Waals surface area contributed by atoms with Crippen LogP contribution >= 0.6 is 0 Å². The molecule has 5 heteroatoms. The van der Waals surface area contributed by atoms with Gasteiger partial charge in [0, 0.05) is 11.1 Å². The molecular formula is C21H25NO4. The molecule has 0 aromatic heterocycles. The van der Waals surface area contributed by atoms with E-state index in [1.807, 2.05) is 31.2 Å². The van der Waals surface area contributed by atoms with E-state index in [0.29, 0.717) is 16.9 Å². The molecule has 1 unspecified atom stereocenters. The average Bonchev–Trinajstić information content (AvgIpc) is 2.66. The molecule has 1 amide bonds. The summed E-state index contributed by atoms with van der Waals surface area (Å²) >= 11 is 0. The van der Waals surface area contributed by atoms with Gasteiger partial charge in [-0.05, 0) is 49.2 Å². The number of nitrogens with one attached hydrogen (secondary N) is 1. The summed E-state index contributed by atoms with van der Waals surface area (Å²) in [6, 6.07) is 12.7. The Labute approximate surface area is 154 Å². The van der Waals surface area contributed by atoms with Gasteiger partial charge in [-0.3, -0.25) is 9.59 Å². The zero-order chi connectivity index (χ0) is 19.1. The van der Waals surface area contributed by atoms with Crippen molar-refractivity contribution < 1.29 is 19.1 Å². The fraction of sp³-hybridized carbons (Fsp3) is 0.333. The fourth-order valence-electron chi connectivity index (χ4n) is 2.81. The van der Waals surface area contributed by atoms with E-state index in [4.69, 9.17) is 9.47 Å². The van der Waals surface area contributed by atoms with Crippen LogP contribution in [0.15, 0.2) is 42.5 Å². The summed E-state index contributed by atoms with van der Waals surface area (Å²) in [5.74, 6) is 1.22. The lowest BCUT2D eigenvalue weighted by atomic mass is 10.0. The monoisotopic (exact) mass is 355 g/mol. The van der Waals surface area contributed by atoms with E-state index in [0.717, 1.165) is 17.7 Å². The van der Waals surface area contributed by atoms with Gasteiger partial charge in [0.1, 0.15) is 11.5 Å². The van der Waals surface area contributed by atoms with Crippen LogP contribution in [0.3, 0.4) is 0 Å². The zero-order valence-electron chi connectivity index (χ0n) is 15.7. The van der Waals surface area contributed by atoms with E-state index in [1.54, 1.807) is 32.4 Å². The van der Waals surface area contributed by atoms with Crippen molar-refractivity contribution in [1.29, 1.82) is 0 Å². The molecule has 0 radical (unpaired) electrons. The predicted molar refractivity (Wildman–Crippen MR) is 101 cm³/mol. The highest BCUT2D eigenvalue weighted by atomic mass is 16.5. The fourth-order valence-corrected chi connectivity index (χ4v) is 2.81. The van der Waals surface area contributed by atoms with Crippen LogP contribution in [-0.2, 0) is 11.2 Å². The Kier molecular flexibility index (Phi) is 6.78. The van der Waals surface area contributed by atoms with Crippen molar-refractivity contribution in [2.24, 2.45) is 0 Å². The molecule has 1 N–H and O–H groups in total. The Morgan fingerprint density at radius 2 is 1.73 bits per heavy atom. The number of ether oxygens (including phenoxy) is 2. The van der Waals surface area contributed by atoms with Gasteiger partial charge in [0.2, 0.25) is 5.91 Å². The predicted octanol–water partition coefficient (Wildman–Crippen LogP) is 3.72. The van der Waals surface area contributed by atoms with Gasteiger partial charge < -0.3 is 14.8 Å². The zero-order valence-corrected chi connectivity index (χ0v) is 15.7. The Hall–Kier alpha value is -2.82. The maximum absolute atomic E-state index is 12.6. The molecule has 0 heterocycles. The third-order valence-corrected chi connectivity index (χ3v) is 4.30. The van der Waals surface area contributed by atoms with E-state index in [1.165, 1.54) is 6.92 Å². The van der Waals surface area contributed by atoms with Crippen LogP contribution in [0.4, 0.5) is 0 Å². The first-order valence-electron chi connectivity index (χ1n) is 8.59. The molecule has 5 nitrogen and oxygen atoms in total. The van der Waals surface area contributed by atoms with E-state index in [2.05, 4.69) is 5.32 Å². The molecule has 0 spiro atoms. The Morgan fingerprint density at radius 3 is 2.27 bits per heavy atom. The highest BCUT2D eigenvalue weighted by molar-refractivity contribution is 5.94. The molecule has 138 valence electrons. The summed E-state index contributed by atoms with van der Waals surface area (Å²) < 4.78 is 10.5. The molecule has 26 heavy (non-hydrogen) atoms. The van der Waals surface area contributed by atoms with Crippen molar-refractivity contribution in [3.05, 3.63) is 59.2 Å². The second-order valence-electron chi connectivity index (χ2n) is 6.06. The first-order valence-corrected chi connectivity index (χ1v) is 8.59. The topological polar surface area (TPSA) is 64.6 Å². The van der Waals surface area contributed by atoms with Crippen LogP contribution in [0.5, 0.6) is 11.5 Å². The van der Waals surface area contributed by atoms with Crippen molar-refractivity contribution in [1.82, 2.24) is 5.32 Å². The van der Waals surface area contributed by atoms with Crippen molar-refractivity contribution in [2.75, 3.05) is 14.2 Å². The second kappa shape index (κ2) is 9.04. The first kappa shape index (κ1) is 19.5. The number of hydrogen-bond acceptors (Lipinski definition) is 4. The maximum Gasteiger partial charge on any atom is 0.225 e. The van der Waals surface area contributed by atoms with Crippen molar-refractivity contribution in [3.63, 3.8) is 0 Å². The van der Waals surface area contributed by atoms with Crippen molar-refractivity contribution >= 4 is 11.7 Å². The summed E-state index contributed by atoms with van der Waals surface area (Å²) in [5, 5.41) is 3.05. The minimum absolute atomic E-state index is 0.0426. The van der Waals surface area contributed by atoms with Gasteiger partial charge in [-0.1, -0.05) is 19.1 Å². The molecule has 0 saturated heterocycles. The molecule has 2 aromatic rings. The second-order valence-corrected chi connectivity index (χ2v) is 6.06. The summed E-state index contributed by atoms with van der Waals surface area (Å²) in [5.41, 5.74) is 2.28. The molecule has 0 saturated carbocycles. The summed E-state index contributed by atoms with van der Waals surface area (Å²) in [7, 11) is 3.17. The molecule has 0 fully saturated rings. The molecule has 1 atom stereocenters. The third kappa shape index (κ3) is 4.85. The lowest BCUT2D eigenvalue weighted by Gasteiger charge is -2.18. The molecule has 2 rings (SSSR count). The Bertz CT molecular complexity index is 768. The van der Waals surface area contributed by atoms with Gasteiger partial charge in [0.05, 0.1) is 26.7 Å². The van der Waals surface area contributed by atoms with Gasteiger partial charge in [-0.25, -0.2) is 0 Å². The highest BCUT2D eigenvalue weighted by Crippen LogP contribution is 2.23. The molecule has 0 aliphatic heterocycles. The van der Waals surface area contributed by atoms with E-state index in [-0.39, 0.29) is 24.2 Å². The number of benzene rings is 2. The molecule has 0 bridgehead atoms. The van der Waals surface area contributed by atoms with Crippen LogP contribution in [0, 0.1) is 0 Å². The molecule has 0 aliphatic rings. The van der Waals surface area contributed by atoms with E-state index in [9.17, 15) is 9.59 Å². The van der Waals surface area contributed by atoms with Crippen LogP contribution in [0.1, 0.15) is 47.8 Å². The van der Waals surface area contributed by atoms with Gasteiger partial charge in [-0.2, -0.15) is 0 Å². The summed E-state index contributed by atoms with van der Waals surface area (Å²) in [6.07, 6.45) is 0.916. The SMILES string of the molecule is CCC(NC(=O)Cc1cc(C(C)=O)ccc1OC)c1ccc(OC)cc1. The molecule has 0 aliphatic carbocycles. The Balaban J connectivity index is 2.13. The number of ketones is 1. The van der Waals surface area contributed by atoms with E-state index < -0.39 is 0 Å². The number of amides is 1. The van der Waals surface area contributed by atoms with Gasteiger partial charge in [0.25, 0.3) is 0 Å². The summed E-state index contributed by atoms with van der Waals surface area (Å²) in [6.45, 7) is 3.52. The lowest BCUT2D eigenvalue weighted by molar-refractivity contribution is -0.121. The highest BCUT2D eigenvalue weighted by Gasteiger charge is 2.16. The summed E-state index contributed by atoms with van der Waals surface area (Å²) in [4.78, 5) is 24.1. The average molecular weight is 355 g/mol. The smallest absolute Gasteiger partial charge is 0.225 e. The van der Waals surface area contributed by atoms with Crippen LogP contribution in [0.2, 0.25) is 0 Å². The number of rotatable bonds is 8. The minimum atomic E-state index is -0.119. The maximum atomic E-state index is 12.6. The normalized spacial score (nSPS) is 11.5. The quantitative estimate of drug-likeness (QED) is 0.733. The van der Waals surface area contributed by atoms with E-state index >= 15 is 0 Å². The third-order valence-electron chi connectivity index (χ3n) is 4.30.